The van der Waals surface area contributed by atoms with Gasteiger partial charge in [-0.05, 0) is 32.4 Å². The molecule has 0 aliphatic rings. The lowest BCUT2D eigenvalue weighted by Crippen LogP contribution is -2.25. The van der Waals surface area contributed by atoms with Crippen LogP contribution in [0.1, 0.15) is 33.6 Å². The van der Waals surface area contributed by atoms with E-state index in [4.69, 9.17) is 9.62 Å². The molecule has 0 N–H and O–H groups in total. The van der Waals surface area contributed by atoms with Gasteiger partial charge in [-0.3, -0.25) is 4.89 Å². The number of ether oxygens (including phenoxy) is 1. The number of benzene rings is 1. The Bertz CT molecular complexity index is 491. The number of para-hydroxylation sites is 1. The van der Waals surface area contributed by atoms with E-state index in [-0.39, 0.29) is 0 Å². The summed E-state index contributed by atoms with van der Waals surface area (Å²) in [6.07, 6.45) is 3.61. The molecule has 0 amide bonds. The van der Waals surface area contributed by atoms with Gasteiger partial charge in [-0.2, -0.15) is 4.89 Å². The highest BCUT2D eigenvalue weighted by molar-refractivity contribution is 5.92. The summed E-state index contributed by atoms with van der Waals surface area (Å²) >= 11 is 0. The fraction of sp³-hybridized carbons (Fsp3) is 0.375. The van der Waals surface area contributed by atoms with Gasteiger partial charge in [-0.1, -0.05) is 31.5 Å². The molecule has 21 heavy (non-hydrogen) atoms. The summed E-state index contributed by atoms with van der Waals surface area (Å²) in [4.78, 5) is 32.5. The van der Waals surface area contributed by atoms with Crippen molar-refractivity contribution in [3.8, 4) is 5.75 Å². The number of hydrogen-bond acceptors (Lipinski definition) is 5. The summed E-state index contributed by atoms with van der Waals surface area (Å²) in [7, 11) is 0. The van der Waals surface area contributed by atoms with E-state index in [2.05, 4.69) is 4.89 Å². The van der Waals surface area contributed by atoms with Crippen LogP contribution in [0.15, 0.2) is 42.5 Å². The average molecular weight is 292 g/mol. The summed E-state index contributed by atoms with van der Waals surface area (Å²) in [5, 5.41) is 0. The van der Waals surface area contributed by atoms with E-state index in [0.717, 1.165) is 25.0 Å². The SMILES string of the molecule is CCCC(C)(C)OOC(=O)C=CC(=O)Oc1ccccc1. The first-order valence-corrected chi connectivity index (χ1v) is 6.77. The Morgan fingerprint density at radius 2 is 1.71 bits per heavy atom. The fourth-order valence-corrected chi connectivity index (χ4v) is 1.60. The van der Waals surface area contributed by atoms with Gasteiger partial charge in [-0.25, -0.2) is 9.59 Å². The van der Waals surface area contributed by atoms with Gasteiger partial charge in [0, 0.05) is 12.2 Å². The van der Waals surface area contributed by atoms with Crippen LogP contribution in [0, 0.1) is 0 Å². The molecule has 0 heterocycles. The number of carbonyl (C=O) groups excluding carboxylic acids is 2. The lowest BCUT2D eigenvalue weighted by atomic mass is 10.0. The van der Waals surface area contributed by atoms with Crippen LogP contribution in [-0.4, -0.2) is 17.5 Å². The maximum absolute atomic E-state index is 11.5. The standard InChI is InChI=1S/C16H20O5/c1-4-12-16(2,3)21-20-15(18)11-10-14(17)19-13-8-6-5-7-9-13/h5-11H,4,12H2,1-3H3. The van der Waals surface area contributed by atoms with Gasteiger partial charge in [0.05, 0.1) is 0 Å². The molecule has 5 nitrogen and oxygen atoms in total. The minimum Gasteiger partial charge on any atom is -0.423 e. The van der Waals surface area contributed by atoms with Crippen LogP contribution >= 0.6 is 0 Å². The first kappa shape index (κ1) is 16.9. The van der Waals surface area contributed by atoms with Gasteiger partial charge >= 0.3 is 11.9 Å². The van der Waals surface area contributed by atoms with Crippen LogP contribution in [0.2, 0.25) is 0 Å². The summed E-state index contributed by atoms with van der Waals surface area (Å²) < 4.78 is 4.97. The molecular weight excluding hydrogens is 272 g/mol. The van der Waals surface area contributed by atoms with Gasteiger partial charge in [0.25, 0.3) is 0 Å². The van der Waals surface area contributed by atoms with Crippen LogP contribution in [0.3, 0.4) is 0 Å². The number of carbonyl (C=O) groups is 2. The van der Waals surface area contributed by atoms with Crippen molar-refractivity contribution in [2.75, 3.05) is 0 Å². The second-order valence-corrected chi connectivity index (χ2v) is 5.06. The van der Waals surface area contributed by atoms with Gasteiger partial charge in [0.1, 0.15) is 11.4 Å². The van der Waals surface area contributed by atoms with Crippen molar-refractivity contribution < 1.29 is 24.1 Å². The van der Waals surface area contributed by atoms with Crippen molar-refractivity contribution in [2.45, 2.75) is 39.2 Å². The Labute approximate surface area is 124 Å². The topological polar surface area (TPSA) is 61.8 Å². The Balaban J connectivity index is 2.38. The molecule has 0 radical (unpaired) electrons. The smallest absolute Gasteiger partial charge is 0.366 e. The third kappa shape index (κ3) is 7.27. The molecule has 1 rings (SSSR count). The molecule has 0 aromatic heterocycles. The highest BCUT2D eigenvalue weighted by Gasteiger charge is 2.20. The van der Waals surface area contributed by atoms with Crippen molar-refractivity contribution in [2.24, 2.45) is 0 Å². The van der Waals surface area contributed by atoms with Crippen molar-refractivity contribution in [1.29, 1.82) is 0 Å². The third-order valence-corrected chi connectivity index (χ3v) is 2.52. The van der Waals surface area contributed by atoms with Gasteiger partial charge < -0.3 is 4.74 Å². The van der Waals surface area contributed by atoms with Crippen molar-refractivity contribution in [1.82, 2.24) is 0 Å². The average Bonchev–Trinajstić information content (AvgIpc) is 2.44. The normalized spacial score (nSPS) is 11.4. The fourth-order valence-electron chi connectivity index (χ4n) is 1.60. The summed E-state index contributed by atoms with van der Waals surface area (Å²) in [6, 6.07) is 8.56. The zero-order valence-electron chi connectivity index (χ0n) is 12.5. The van der Waals surface area contributed by atoms with E-state index in [1.54, 1.807) is 30.3 Å². The van der Waals surface area contributed by atoms with E-state index in [1.165, 1.54) is 0 Å². The molecule has 0 saturated heterocycles. The zero-order valence-corrected chi connectivity index (χ0v) is 12.5. The van der Waals surface area contributed by atoms with Crippen LogP contribution in [-0.2, 0) is 19.4 Å². The Hall–Kier alpha value is -2.14. The lowest BCUT2D eigenvalue weighted by Gasteiger charge is -2.21. The summed E-state index contributed by atoms with van der Waals surface area (Å²) in [5.41, 5.74) is -0.553. The molecule has 0 atom stereocenters. The van der Waals surface area contributed by atoms with Gasteiger partial charge in [-0.15, -0.1) is 0 Å². The molecular formula is C16H20O5. The predicted molar refractivity (Wildman–Crippen MR) is 77.4 cm³/mol. The van der Waals surface area contributed by atoms with Crippen LogP contribution in [0.4, 0.5) is 0 Å². The predicted octanol–water partition coefficient (Wildman–Crippen LogP) is 3.20. The first-order valence-electron chi connectivity index (χ1n) is 6.77. The van der Waals surface area contributed by atoms with Gasteiger partial charge in [0.15, 0.2) is 0 Å². The highest BCUT2D eigenvalue weighted by Crippen LogP contribution is 2.16. The Kier molecular flexibility index (Phi) is 6.62. The zero-order chi connectivity index (χ0) is 15.7. The molecule has 114 valence electrons. The minimum atomic E-state index is -0.760. The van der Waals surface area contributed by atoms with Gasteiger partial charge in [0.2, 0.25) is 0 Å². The van der Waals surface area contributed by atoms with Crippen LogP contribution in [0.25, 0.3) is 0 Å². The number of rotatable bonds is 7. The molecule has 0 fully saturated rings. The maximum atomic E-state index is 11.5. The van der Waals surface area contributed by atoms with E-state index in [9.17, 15) is 9.59 Å². The quantitative estimate of drug-likeness (QED) is 0.254. The Morgan fingerprint density at radius 1 is 1.10 bits per heavy atom. The maximum Gasteiger partial charge on any atom is 0.366 e. The van der Waals surface area contributed by atoms with Crippen molar-refractivity contribution >= 4 is 11.9 Å². The number of hydrogen-bond donors (Lipinski definition) is 0. The second kappa shape index (κ2) is 8.21. The van der Waals surface area contributed by atoms with E-state index >= 15 is 0 Å². The van der Waals surface area contributed by atoms with E-state index < -0.39 is 17.5 Å². The summed E-state index contributed by atoms with van der Waals surface area (Å²) in [6.45, 7) is 5.64. The largest absolute Gasteiger partial charge is 0.423 e. The van der Waals surface area contributed by atoms with Crippen molar-refractivity contribution in [3.05, 3.63) is 42.5 Å². The van der Waals surface area contributed by atoms with Crippen LogP contribution in [0.5, 0.6) is 5.75 Å². The molecule has 0 saturated carbocycles. The molecule has 0 bridgehead atoms. The first-order chi connectivity index (χ1) is 9.93. The molecule has 0 aliphatic heterocycles. The molecule has 0 aliphatic carbocycles. The van der Waals surface area contributed by atoms with E-state index in [1.807, 2.05) is 20.8 Å². The highest BCUT2D eigenvalue weighted by atomic mass is 17.2. The van der Waals surface area contributed by atoms with Crippen molar-refractivity contribution in [3.63, 3.8) is 0 Å². The molecule has 5 heteroatoms. The molecule has 1 aromatic rings. The van der Waals surface area contributed by atoms with E-state index in [0.29, 0.717) is 5.75 Å². The minimum absolute atomic E-state index is 0.404. The van der Waals surface area contributed by atoms with Crippen LogP contribution < -0.4 is 4.74 Å². The lowest BCUT2D eigenvalue weighted by molar-refractivity contribution is -0.322. The molecule has 1 aromatic carbocycles. The summed E-state index contributed by atoms with van der Waals surface area (Å²) in [5.74, 6) is -1.02. The monoisotopic (exact) mass is 292 g/mol. The second-order valence-electron chi connectivity index (χ2n) is 5.06. The number of esters is 1. The molecule has 0 spiro atoms. The molecule has 0 unspecified atom stereocenters. The Morgan fingerprint density at radius 3 is 2.33 bits per heavy atom. The third-order valence-electron chi connectivity index (χ3n) is 2.52.